The Kier molecular flexibility index (Phi) is 10.4. The van der Waals surface area contributed by atoms with Crippen LogP contribution in [0.2, 0.25) is 0 Å². The van der Waals surface area contributed by atoms with E-state index in [1.807, 2.05) is 0 Å². The van der Waals surface area contributed by atoms with Gasteiger partial charge in [-0.05, 0) is 36.0 Å². The zero-order chi connectivity index (χ0) is 17.4. The highest BCUT2D eigenvalue weighted by Crippen LogP contribution is 2.33. The fourth-order valence-electron chi connectivity index (χ4n) is 2.89. The first-order valence-electron chi connectivity index (χ1n) is 9.05. The van der Waals surface area contributed by atoms with Gasteiger partial charge in [-0.25, -0.2) is 13.2 Å². The number of hydrogen-bond donors (Lipinski definition) is 0. The Balaban J connectivity index is 4.48. The first kappa shape index (κ1) is 21.8. The topological polar surface area (TPSA) is 0 Å². The van der Waals surface area contributed by atoms with Gasteiger partial charge in [0.25, 0.3) is 0 Å². The van der Waals surface area contributed by atoms with E-state index in [1.165, 1.54) is 6.42 Å². The lowest BCUT2D eigenvalue weighted by molar-refractivity contribution is 0.0344. The van der Waals surface area contributed by atoms with Gasteiger partial charge in [-0.2, -0.15) is 0 Å². The normalized spacial score (nSPS) is 22.0. The van der Waals surface area contributed by atoms with Crippen molar-refractivity contribution in [3.05, 3.63) is 0 Å². The molecule has 7 unspecified atom stereocenters. The smallest absolute Gasteiger partial charge is 0.134 e. The summed E-state index contributed by atoms with van der Waals surface area (Å²) in [5.74, 6) is -0.652. The molecule has 0 rings (SSSR count). The Morgan fingerprint density at radius 1 is 0.727 bits per heavy atom. The van der Waals surface area contributed by atoms with Gasteiger partial charge in [0.1, 0.15) is 18.5 Å². The van der Waals surface area contributed by atoms with Gasteiger partial charge in [-0.1, -0.05) is 67.7 Å². The zero-order valence-corrected chi connectivity index (χ0v) is 15.6. The van der Waals surface area contributed by atoms with Crippen molar-refractivity contribution in [2.45, 2.75) is 92.7 Å². The summed E-state index contributed by atoms with van der Waals surface area (Å²) in [6.45, 7) is 13.1. The molecule has 0 radical (unpaired) electrons. The van der Waals surface area contributed by atoms with Crippen molar-refractivity contribution in [1.82, 2.24) is 0 Å². The van der Waals surface area contributed by atoms with Crippen LogP contribution in [0.25, 0.3) is 0 Å². The molecule has 0 aromatic carbocycles. The number of alkyl halides is 3. The summed E-state index contributed by atoms with van der Waals surface area (Å²) in [7, 11) is 0. The summed E-state index contributed by atoms with van der Waals surface area (Å²) < 4.78 is 42.5. The lowest BCUT2D eigenvalue weighted by atomic mass is 9.79. The molecule has 3 heteroatoms. The molecular weight excluding hydrogens is 285 g/mol. The third-order valence-corrected chi connectivity index (χ3v) is 5.42. The molecule has 0 spiro atoms. The van der Waals surface area contributed by atoms with Gasteiger partial charge >= 0.3 is 0 Å². The Labute approximate surface area is 136 Å². The summed E-state index contributed by atoms with van der Waals surface area (Å²) >= 11 is 0. The summed E-state index contributed by atoms with van der Waals surface area (Å²) in [6, 6.07) is 0. The van der Waals surface area contributed by atoms with Crippen molar-refractivity contribution in [3.8, 4) is 0 Å². The van der Waals surface area contributed by atoms with E-state index in [0.717, 1.165) is 12.8 Å². The van der Waals surface area contributed by atoms with Crippen LogP contribution in [-0.2, 0) is 0 Å². The molecule has 134 valence electrons. The second kappa shape index (κ2) is 10.5. The highest BCUT2D eigenvalue weighted by Gasteiger charge is 2.35. The van der Waals surface area contributed by atoms with Crippen LogP contribution >= 0.6 is 0 Å². The van der Waals surface area contributed by atoms with E-state index in [0.29, 0.717) is 12.3 Å². The molecule has 0 aromatic heterocycles. The summed E-state index contributed by atoms with van der Waals surface area (Å²) in [4.78, 5) is 0. The van der Waals surface area contributed by atoms with Gasteiger partial charge in [0.15, 0.2) is 0 Å². The highest BCUT2D eigenvalue weighted by atomic mass is 19.2. The van der Waals surface area contributed by atoms with Gasteiger partial charge in [0.05, 0.1) is 0 Å². The standard InChI is InChI=1S/C19H37F3/c1-8-9-10-13(4)14(5)11-17(20)15(6)16(7)19(22)18(21)12(2)3/h12-19H,8-11H2,1-7H3. The van der Waals surface area contributed by atoms with Crippen LogP contribution < -0.4 is 0 Å². The third kappa shape index (κ3) is 6.91. The summed E-state index contributed by atoms with van der Waals surface area (Å²) in [6.07, 6.45) is -0.279. The van der Waals surface area contributed by atoms with Crippen molar-refractivity contribution in [2.24, 2.45) is 29.6 Å². The lowest BCUT2D eigenvalue weighted by Gasteiger charge is -2.31. The minimum absolute atomic E-state index is 0.278. The molecule has 0 aliphatic carbocycles. The van der Waals surface area contributed by atoms with Crippen molar-refractivity contribution < 1.29 is 13.2 Å². The van der Waals surface area contributed by atoms with Crippen molar-refractivity contribution in [3.63, 3.8) is 0 Å². The number of halogens is 3. The third-order valence-electron chi connectivity index (χ3n) is 5.42. The van der Waals surface area contributed by atoms with Crippen molar-refractivity contribution >= 4 is 0 Å². The Morgan fingerprint density at radius 3 is 1.73 bits per heavy atom. The van der Waals surface area contributed by atoms with Gasteiger partial charge in [-0.15, -0.1) is 0 Å². The lowest BCUT2D eigenvalue weighted by Crippen LogP contribution is -2.36. The predicted octanol–water partition coefficient (Wildman–Crippen LogP) is 6.78. The van der Waals surface area contributed by atoms with Crippen LogP contribution in [0, 0.1) is 29.6 Å². The Morgan fingerprint density at radius 2 is 1.27 bits per heavy atom. The largest absolute Gasteiger partial charge is 0.247 e. The Bertz CT molecular complexity index is 280. The quantitative estimate of drug-likeness (QED) is 0.393. The molecule has 7 atom stereocenters. The molecule has 0 aliphatic rings. The van der Waals surface area contributed by atoms with Gasteiger partial charge in [-0.3, -0.25) is 0 Å². The molecule has 0 nitrogen and oxygen atoms in total. The van der Waals surface area contributed by atoms with Crippen LogP contribution in [0.4, 0.5) is 13.2 Å². The van der Waals surface area contributed by atoms with Crippen LogP contribution in [0.15, 0.2) is 0 Å². The van der Waals surface area contributed by atoms with Crippen LogP contribution in [0.5, 0.6) is 0 Å². The molecule has 0 bridgehead atoms. The minimum Gasteiger partial charge on any atom is -0.247 e. The average molecular weight is 322 g/mol. The van der Waals surface area contributed by atoms with E-state index >= 15 is 0 Å². The van der Waals surface area contributed by atoms with Crippen LogP contribution in [-0.4, -0.2) is 18.5 Å². The van der Waals surface area contributed by atoms with Crippen molar-refractivity contribution in [2.75, 3.05) is 0 Å². The van der Waals surface area contributed by atoms with E-state index in [1.54, 1.807) is 27.7 Å². The SMILES string of the molecule is CCCCC(C)C(C)CC(F)C(C)C(C)C(F)C(F)C(C)C. The molecule has 0 amide bonds. The summed E-state index contributed by atoms with van der Waals surface area (Å²) in [5, 5.41) is 0. The van der Waals surface area contributed by atoms with Crippen LogP contribution in [0.3, 0.4) is 0 Å². The molecule has 0 N–H and O–H groups in total. The molecule has 0 saturated heterocycles. The molecule has 22 heavy (non-hydrogen) atoms. The van der Waals surface area contributed by atoms with E-state index < -0.39 is 30.4 Å². The maximum atomic E-state index is 14.5. The fraction of sp³-hybridized carbons (Fsp3) is 1.00. The molecule has 0 heterocycles. The molecule has 0 aliphatic heterocycles. The van der Waals surface area contributed by atoms with Crippen LogP contribution in [0.1, 0.15) is 74.1 Å². The molecule has 0 fully saturated rings. The number of rotatable bonds is 11. The van der Waals surface area contributed by atoms with Gasteiger partial charge in [0, 0.05) is 0 Å². The molecule has 0 saturated carbocycles. The highest BCUT2D eigenvalue weighted by molar-refractivity contribution is 4.83. The number of hydrogen-bond acceptors (Lipinski definition) is 0. The van der Waals surface area contributed by atoms with E-state index in [4.69, 9.17) is 0 Å². The van der Waals surface area contributed by atoms with E-state index in [-0.39, 0.29) is 11.8 Å². The van der Waals surface area contributed by atoms with Crippen molar-refractivity contribution in [1.29, 1.82) is 0 Å². The maximum Gasteiger partial charge on any atom is 0.134 e. The predicted molar refractivity (Wildman–Crippen MR) is 90.3 cm³/mol. The first-order chi connectivity index (χ1) is 10.1. The molecular formula is C19H37F3. The zero-order valence-electron chi connectivity index (χ0n) is 15.6. The average Bonchev–Trinajstić information content (AvgIpc) is 2.48. The second-order valence-electron chi connectivity index (χ2n) is 7.70. The minimum atomic E-state index is -1.58. The second-order valence-corrected chi connectivity index (χ2v) is 7.70. The van der Waals surface area contributed by atoms with E-state index in [2.05, 4.69) is 20.8 Å². The summed E-state index contributed by atoms with van der Waals surface area (Å²) in [5.41, 5.74) is 0. The monoisotopic (exact) mass is 322 g/mol. The maximum absolute atomic E-state index is 14.5. The van der Waals surface area contributed by atoms with Gasteiger partial charge in [0.2, 0.25) is 0 Å². The number of unbranched alkanes of at least 4 members (excludes halogenated alkanes) is 1. The molecule has 0 aromatic rings. The van der Waals surface area contributed by atoms with Gasteiger partial charge < -0.3 is 0 Å². The Hall–Kier alpha value is -0.210. The fourth-order valence-corrected chi connectivity index (χ4v) is 2.89. The van der Waals surface area contributed by atoms with E-state index in [9.17, 15) is 13.2 Å². The first-order valence-corrected chi connectivity index (χ1v) is 9.05.